The van der Waals surface area contributed by atoms with E-state index >= 15 is 0 Å². The third kappa shape index (κ3) is 1.14. The van der Waals surface area contributed by atoms with Crippen molar-refractivity contribution in [3.63, 3.8) is 0 Å². The molecule has 0 aliphatic carbocycles. The van der Waals surface area contributed by atoms with Crippen molar-refractivity contribution < 1.29 is 9.47 Å². The van der Waals surface area contributed by atoms with Gasteiger partial charge in [0.05, 0.1) is 12.2 Å². The second-order valence-electron chi connectivity index (χ2n) is 2.37. The summed E-state index contributed by atoms with van der Waals surface area (Å²) >= 11 is 0. The molecular formula is C5H10O2. The minimum Gasteiger partial charge on any atom is -0.352 e. The summed E-state index contributed by atoms with van der Waals surface area (Å²) in [6.45, 7) is 5.22. The second-order valence-corrected chi connectivity index (χ2v) is 2.37. The molecule has 1 aliphatic rings. The van der Waals surface area contributed by atoms with Crippen LogP contribution in [0.25, 0.3) is 0 Å². The standard InChI is InChI=1S/C5H10O2/c1-5(2)3-6-4-7-5/h3-4H2,1-2H3. The molecule has 2 nitrogen and oxygen atoms in total. The van der Waals surface area contributed by atoms with Crippen LogP contribution in [0.2, 0.25) is 0 Å². The molecule has 1 saturated heterocycles. The highest BCUT2D eigenvalue weighted by Gasteiger charge is 2.23. The summed E-state index contributed by atoms with van der Waals surface area (Å²) in [5.74, 6) is 0. The molecule has 0 N–H and O–H groups in total. The molecule has 0 radical (unpaired) electrons. The van der Waals surface area contributed by atoms with Crippen molar-refractivity contribution in [3.05, 3.63) is 0 Å². The van der Waals surface area contributed by atoms with Crippen LogP contribution in [-0.4, -0.2) is 19.0 Å². The van der Waals surface area contributed by atoms with Crippen LogP contribution >= 0.6 is 0 Å². The first-order chi connectivity index (χ1) is 3.21. The van der Waals surface area contributed by atoms with E-state index in [4.69, 9.17) is 9.47 Å². The van der Waals surface area contributed by atoms with E-state index in [0.717, 1.165) is 6.61 Å². The molecule has 0 bridgehead atoms. The highest BCUT2D eigenvalue weighted by Crippen LogP contribution is 2.14. The minimum absolute atomic E-state index is 0.0278. The topological polar surface area (TPSA) is 18.5 Å². The van der Waals surface area contributed by atoms with Crippen LogP contribution in [0.4, 0.5) is 0 Å². The first kappa shape index (κ1) is 5.06. The molecule has 0 atom stereocenters. The Bertz CT molecular complexity index is 60.5. The maximum Gasteiger partial charge on any atom is 0.147 e. The maximum absolute atomic E-state index is 5.12. The van der Waals surface area contributed by atoms with E-state index in [2.05, 4.69) is 0 Å². The predicted octanol–water partition coefficient (Wildman–Crippen LogP) is 0.769. The van der Waals surface area contributed by atoms with Crippen LogP contribution in [-0.2, 0) is 9.47 Å². The molecule has 1 heterocycles. The zero-order chi connectivity index (χ0) is 5.33. The van der Waals surface area contributed by atoms with Crippen molar-refractivity contribution >= 4 is 0 Å². The largest absolute Gasteiger partial charge is 0.352 e. The lowest BCUT2D eigenvalue weighted by atomic mass is 10.2. The van der Waals surface area contributed by atoms with E-state index in [0.29, 0.717) is 6.79 Å². The van der Waals surface area contributed by atoms with Gasteiger partial charge in [0.15, 0.2) is 0 Å². The second kappa shape index (κ2) is 1.46. The van der Waals surface area contributed by atoms with Crippen molar-refractivity contribution in [1.82, 2.24) is 0 Å². The Morgan fingerprint density at radius 3 is 2.29 bits per heavy atom. The van der Waals surface area contributed by atoms with Gasteiger partial charge < -0.3 is 9.47 Å². The summed E-state index contributed by atoms with van der Waals surface area (Å²) in [4.78, 5) is 0. The molecule has 0 spiro atoms. The quantitative estimate of drug-likeness (QED) is 0.449. The normalized spacial score (nSPS) is 28.3. The molecule has 0 aromatic heterocycles. The molecule has 1 rings (SSSR count). The number of hydrogen-bond donors (Lipinski definition) is 0. The lowest BCUT2D eigenvalue weighted by Crippen LogP contribution is -2.20. The molecule has 0 amide bonds. The Balaban J connectivity index is 2.40. The Morgan fingerprint density at radius 2 is 2.14 bits per heavy atom. The molecule has 1 aliphatic heterocycles. The molecule has 2 heteroatoms. The minimum atomic E-state index is -0.0278. The average Bonchev–Trinajstić information content (AvgIpc) is 1.84. The first-order valence-corrected chi connectivity index (χ1v) is 2.42. The van der Waals surface area contributed by atoms with Crippen molar-refractivity contribution in [1.29, 1.82) is 0 Å². The average molecular weight is 102 g/mol. The summed E-state index contributed by atoms with van der Waals surface area (Å²) in [5, 5.41) is 0. The van der Waals surface area contributed by atoms with Crippen molar-refractivity contribution in [3.8, 4) is 0 Å². The maximum atomic E-state index is 5.12. The molecule has 0 unspecified atom stereocenters. The zero-order valence-electron chi connectivity index (χ0n) is 4.73. The van der Waals surface area contributed by atoms with E-state index in [1.165, 1.54) is 0 Å². The summed E-state index contributed by atoms with van der Waals surface area (Å²) < 4.78 is 10.1. The van der Waals surface area contributed by atoms with Gasteiger partial charge in [-0.15, -0.1) is 0 Å². The molecule has 0 aromatic rings. The molecule has 0 aromatic carbocycles. The van der Waals surface area contributed by atoms with E-state index in [1.807, 2.05) is 13.8 Å². The van der Waals surface area contributed by atoms with Gasteiger partial charge in [-0.05, 0) is 13.8 Å². The van der Waals surface area contributed by atoms with Crippen molar-refractivity contribution in [2.75, 3.05) is 13.4 Å². The third-order valence-electron chi connectivity index (χ3n) is 0.983. The fraction of sp³-hybridized carbons (Fsp3) is 1.00. The van der Waals surface area contributed by atoms with Gasteiger partial charge >= 0.3 is 0 Å². The molecule has 0 saturated carbocycles. The van der Waals surface area contributed by atoms with Crippen LogP contribution in [0.1, 0.15) is 13.8 Å². The fourth-order valence-electron chi connectivity index (χ4n) is 0.530. The Kier molecular flexibility index (Phi) is 1.05. The Hall–Kier alpha value is -0.0800. The number of hydrogen-bond acceptors (Lipinski definition) is 2. The summed E-state index contributed by atoms with van der Waals surface area (Å²) in [6, 6.07) is 0. The number of rotatable bonds is 0. The highest BCUT2D eigenvalue weighted by molar-refractivity contribution is 4.69. The van der Waals surface area contributed by atoms with Gasteiger partial charge in [0.25, 0.3) is 0 Å². The fourth-order valence-corrected chi connectivity index (χ4v) is 0.530. The highest BCUT2D eigenvalue weighted by atomic mass is 16.7. The van der Waals surface area contributed by atoms with E-state index < -0.39 is 0 Å². The van der Waals surface area contributed by atoms with Gasteiger partial charge in [-0.2, -0.15) is 0 Å². The van der Waals surface area contributed by atoms with Gasteiger partial charge in [0.2, 0.25) is 0 Å². The van der Waals surface area contributed by atoms with Gasteiger partial charge in [0.1, 0.15) is 6.79 Å². The smallest absolute Gasteiger partial charge is 0.147 e. The van der Waals surface area contributed by atoms with Gasteiger partial charge in [0, 0.05) is 0 Å². The molecule has 42 valence electrons. The van der Waals surface area contributed by atoms with Gasteiger partial charge in [-0.1, -0.05) is 0 Å². The summed E-state index contributed by atoms with van der Waals surface area (Å²) in [5.41, 5.74) is -0.0278. The third-order valence-corrected chi connectivity index (χ3v) is 0.983. The van der Waals surface area contributed by atoms with E-state index in [1.54, 1.807) is 0 Å². The SMILES string of the molecule is CC1(C)COCO1. The van der Waals surface area contributed by atoms with Crippen molar-refractivity contribution in [2.24, 2.45) is 0 Å². The Morgan fingerprint density at radius 1 is 1.43 bits per heavy atom. The lowest BCUT2D eigenvalue weighted by molar-refractivity contribution is 0.0121. The Labute approximate surface area is 43.4 Å². The summed E-state index contributed by atoms with van der Waals surface area (Å²) in [6.07, 6.45) is 0. The van der Waals surface area contributed by atoms with Crippen LogP contribution < -0.4 is 0 Å². The molecule has 1 fully saturated rings. The van der Waals surface area contributed by atoms with E-state index in [9.17, 15) is 0 Å². The van der Waals surface area contributed by atoms with E-state index in [-0.39, 0.29) is 5.60 Å². The van der Waals surface area contributed by atoms with Crippen LogP contribution in [0.15, 0.2) is 0 Å². The van der Waals surface area contributed by atoms with Gasteiger partial charge in [-0.3, -0.25) is 0 Å². The van der Waals surface area contributed by atoms with Gasteiger partial charge in [-0.25, -0.2) is 0 Å². The van der Waals surface area contributed by atoms with Crippen molar-refractivity contribution in [2.45, 2.75) is 19.4 Å². The molecule has 7 heavy (non-hydrogen) atoms. The number of ether oxygens (including phenoxy) is 2. The lowest BCUT2D eigenvalue weighted by Gasteiger charge is -2.11. The molecular weight excluding hydrogens is 92.1 g/mol. The van der Waals surface area contributed by atoms with Crippen LogP contribution in [0, 0.1) is 0 Å². The zero-order valence-corrected chi connectivity index (χ0v) is 4.73. The first-order valence-electron chi connectivity index (χ1n) is 2.42. The van der Waals surface area contributed by atoms with Crippen LogP contribution in [0.5, 0.6) is 0 Å². The monoisotopic (exact) mass is 102 g/mol. The summed E-state index contributed by atoms with van der Waals surface area (Å²) in [7, 11) is 0. The predicted molar refractivity (Wildman–Crippen MR) is 26.0 cm³/mol. The van der Waals surface area contributed by atoms with Crippen LogP contribution in [0.3, 0.4) is 0 Å².